The second kappa shape index (κ2) is 20.1. The molecule has 0 radical (unpaired) electrons. The van der Waals surface area contributed by atoms with E-state index >= 15 is 0 Å². The van der Waals surface area contributed by atoms with Crippen LogP contribution in [0.4, 0.5) is 0 Å². The molecule has 0 saturated carbocycles. The molecule has 0 heterocycles. The molecule has 0 unspecified atom stereocenters. The van der Waals surface area contributed by atoms with Crippen molar-refractivity contribution in [3.63, 3.8) is 0 Å². The third kappa shape index (κ3) is 46.2. The number of hydrogen-bond donors (Lipinski definition) is 6. The molecule has 0 aromatic carbocycles. The number of carbonyl (C=O) groups is 6. The summed E-state index contributed by atoms with van der Waals surface area (Å²) in [4.78, 5) is 54.6. The Labute approximate surface area is 135 Å². The summed E-state index contributed by atoms with van der Waals surface area (Å²) in [6.45, 7) is 0. The molecule has 0 aliphatic rings. The van der Waals surface area contributed by atoms with Crippen molar-refractivity contribution >= 4 is 35.8 Å². The van der Waals surface area contributed by atoms with Crippen LogP contribution in [0.5, 0.6) is 0 Å². The fourth-order valence-corrected chi connectivity index (χ4v) is 0. The summed E-state index contributed by atoms with van der Waals surface area (Å²) in [7, 11) is 0. The number of rotatable bonds is 0. The standard InChI is InChI=1S/3C2H2O4.2Fe.H2O/c3*3-1(4)2(5)6;;;/h3*(H,3,4)(H,5,6);;;1H2. The molecule has 0 fully saturated rings. The van der Waals surface area contributed by atoms with E-state index in [-0.39, 0.29) is 39.6 Å². The molecule has 126 valence electrons. The minimum Gasteiger partial charge on any atom is -0.473 e. The molecule has 8 N–H and O–H groups in total. The fraction of sp³-hybridized carbons (Fsp3) is 0. The number of hydrogen-bond acceptors (Lipinski definition) is 6. The molecule has 0 aromatic rings. The minimum atomic E-state index is -1.82. The van der Waals surface area contributed by atoms with Gasteiger partial charge >= 0.3 is 35.8 Å². The van der Waals surface area contributed by atoms with Crippen LogP contribution in [0.25, 0.3) is 0 Å². The van der Waals surface area contributed by atoms with Crippen LogP contribution < -0.4 is 0 Å². The Kier molecular flexibility index (Phi) is 34.9. The van der Waals surface area contributed by atoms with Crippen LogP contribution >= 0.6 is 0 Å². The first-order valence-electron chi connectivity index (χ1n) is 3.32. The van der Waals surface area contributed by atoms with E-state index in [9.17, 15) is 0 Å². The van der Waals surface area contributed by atoms with E-state index in [1.165, 1.54) is 0 Å². The van der Waals surface area contributed by atoms with Crippen molar-refractivity contribution < 1.29 is 99.0 Å². The fourth-order valence-electron chi connectivity index (χ4n) is 0. The molecule has 13 nitrogen and oxygen atoms in total. The molecule has 0 bridgehead atoms. The van der Waals surface area contributed by atoms with Crippen molar-refractivity contribution in [1.82, 2.24) is 0 Å². The monoisotopic (exact) mass is 400 g/mol. The zero-order valence-corrected chi connectivity index (χ0v) is 11.5. The minimum absolute atomic E-state index is 0. The van der Waals surface area contributed by atoms with Crippen LogP contribution in [0.3, 0.4) is 0 Å². The maximum absolute atomic E-state index is 9.10. The van der Waals surface area contributed by atoms with Gasteiger partial charge in [-0.05, 0) is 0 Å². The summed E-state index contributed by atoms with van der Waals surface area (Å²) in [5.74, 6) is -10.9. The van der Waals surface area contributed by atoms with Gasteiger partial charge in [-0.25, -0.2) is 28.8 Å². The van der Waals surface area contributed by atoms with Gasteiger partial charge in [-0.2, -0.15) is 0 Å². The van der Waals surface area contributed by atoms with Crippen molar-refractivity contribution in [2.24, 2.45) is 0 Å². The summed E-state index contributed by atoms with van der Waals surface area (Å²) >= 11 is 0. The average molecular weight is 400 g/mol. The third-order valence-corrected chi connectivity index (χ3v) is 0.549. The molecule has 0 saturated heterocycles. The normalized spacial score (nSPS) is 6.29. The molecule has 0 rings (SSSR count). The van der Waals surface area contributed by atoms with E-state index < -0.39 is 35.8 Å². The van der Waals surface area contributed by atoms with Crippen molar-refractivity contribution in [1.29, 1.82) is 0 Å². The SMILES string of the molecule is O.O=C(O)C(=O)O.O=C(O)C(=O)O.O=C(O)C(=O)O.[Fe].[Fe]. The first kappa shape index (κ1) is 36.4. The number of aliphatic carboxylic acids is 6. The van der Waals surface area contributed by atoms with Gasteiger partial charge in [-0.1, -0.05) is 0 Å². The van der Waals surface area contributed by atoms with Gasteiger partial charge in [0, 0.05) is 34.1 Å². The van der Waals surface area contributed by atoms with E-state index in [0.717, 1.165) is 0 Å². The Morgan fingerprint density at radius 1 is 0.381 bits per heavy atom. The maximum Gasteiger partial charge on any atom is 0.414 e. The molecular weight excluding hydrogens is 392 g/mol. The zero-order chi connectivity index (χ0) is 15.5. The summed E-state index contributed by atoms with van der Waals surface area (Å²) in [5, 5.41) is 44.3. The molecule has 21 heavy (non-hydrogen) atoms. The van der Waals surface area contributed by atoms with Gasteiger partial charge < -0.3 is 36.1 Å². The Bertz CT molecular complexity index is 282. The zero-order valence-electron chi connectivity index (χ0n) is 9.34. The predicted molar refractivity (Wildman–Crippen MR) is 49.4 cm³/mol. The first-order chi connectivity index (χ1) is 7.93. The molecule has 0 aliphatic carbocycles. The summed E-state index contributed by atoms with van der Waals surface area (Å²) in [5.41, 5.74) is 0. The van der Waals surface area contributed by atoms with Crippen LogP contribution in [0.1, 0.15) is 0 Å². The van der Waals surface area contributed by atoms with Gasteiger partial charge in [0.05, 0.1) is 0 Å². The topological polar surface area (TPSA) is 255 Å². The predicted octanol–water partition coefficient (Wildman–Crippen LogP) is -3.36. The first-order valence-corrected chi connectivity index (χ1v) is 3.32. The Balaban J connectivity index is -0.0000000375. The molecular formula is C6H8Fe2O13. The summed E-state index contributed by atoms with van der Waals surface area (Å²) < 4.78 is 0. The van der Waals surface area contributed by atoms with E-state index in [1.807, 2.05) is 0 Å². The van der Waals surface area contributed by atoms with Crippen molar-refractivity contribution in [2.75, 3.05) is 0 Å². The second-order valence-corrected chi connectivity index (χ2v) is 1.83. The van der Waals surface area contributed by atoms with Crippen LogP contribution in [-0.4, -0.2) is 71.9 Å². The van der Waals surface area contributed by atoms with E-state index in [2.05, 4.69) is 0 Å². The van der Waals surface area contributed by atoms with Gasteiger partial charge in [0.1, 0.15) is 0 Å². The van der Waals surface area contributed by atoms with Crippen molar-refractivity contribution in [3.8, 4) is 0 Å². The van der Waals surface area contributed by atoms with Gasteiger partial charge in [0.15, 0.2) is 0 Å². The Hall–Kier alpha value is -2.18. The average Bonchev–Trinajstić information content (AvgIpc) is 2.18. The van der Waals surface area contributed by atoms with Crippen molar-refractivity contribution in [2.45, 2.75) is 0 Å². The molecule has 0 amide bonds. The van der Waals surface area contributed by atoms with Gasteiger partial charge in [0.25, 0.3) is 0 Å². The van der Waals surface area contributed by atoms with E-state index in [4.69, 9.17) is 59.4 Å². The Morgan fingerprint density at radius 2 is 0.429 bits per heavy atom. The molecule has 0 atom stereocenters. The summed E-state index contributed by atoms with van der Waals surface area (Å²) in [6, 6.07) is 0. The van der Waals surface area contributed by atoms with E-state index in [1.54, 1.807) is 0 Å². The molecule has 0 spiro atoms. The third-order valence-electron chi connectivity index (χ3n) is 0.549. The molecule has 0 aliphatic heterocycles. The van der Waals surface area contributed by atoms with Gasteiger partial charge in [0.2, 0.25) is 0 Å². The van der Waals surface area contributed by atoms with Gasteiger partial charge in [-0.15, -0.1) is 0 Å². The Morgan fingerprint density at radius 3 is 0.429 bits per heavy atom. The molecule has 15 heteroatoms. The van der Waals surface area contributed by atoms with Crippen LogP contribution in [0.2, 0.25) is 0 Å². The maximum atomic E-state index is 9.10. The largest absolute Gasteiger partial charge is 0.473 e. The quantitative estimate of drug-likeness (QED) is 0.172. The van der Waals surface area contributed by atoms with Crippen LogP contribution in [-0.2, 0) is 62.9 Å². The van der Waals surface area contributed by atoms with Gasteiger partial charge in [-0.3, -0.25) is 0 Å². The number of carboxylic acids is 6. The second-order valence-electron chi connectivity index (χ2n) is 1.83. The number of carboxylic acid groups (broad SMARTS) is 6. The molecule has 0 aromatic heterocycles. The van der Waals surface area contributed by atoms with Crippen LogP contribution in [0.15, 0.2) is 0 Å². The van der Waals surface area contributed by atoms with E-state index in [0.29, 0.717) is 0 Å². The van der Waals surface area contributed by atoms with Crippen LogP contribution in [0, 0.1) is 0 Å². The summed E-state index contributed by atoms with van der Waals surface area (Å²) in [6.07, 6.45) is 0. The van der Waals surface area contributed by atoms with Crippen molar-refractivity contribution in [3.05, 3.63) is 0 Å². The smallest absolute Gasteiger partial charge is 0.414 e.